The van der Waals surface area contributed by atoms with Crippen LogP contribution in [0.1, 0.15) is 13.8 Å². The summed E-state index contributed by atoms with van der Waals surface area (Å²) in [5.74, 6) is 4.63. The molecule has 4 nitrogen and oxygen atoms in total. The average Bonchev–Trinajstić information content (AvgIpc) is 1.61. The van der Waals surface area contributed by atoms with Gasteiger partial charge in [-0.1, -0.05) is 5.22 Å². The molecule has 0 aromatic carbocycles. The van der Waals surface area contributed by atoms with E-state index in [4.69, 9.17) is 0 Å². The topological polar surface area (TPSA) is 63.1 Å². The molecule has 7 heavy (non-hydrogen) atoms. The summed E-state index contributed by atoms with van der Waals surface area (Å²) in [6.45, 7) is 3.63. The first kappa shape index (κ1) is 6.07. The highest BCUT2D eigenvalue weighted by atomic mass is 15.5. The summed E-state index contributed by atoms with van der Waals surface area (Å²) in [4.78, 5) is 0. The number of hydrogen-bond donors (Lipinski definition) is 1. The van der Waals surface area contributed by atoms with Crippen molar-refractivity contribution in [2.45, 2.75) is 13.8 Å². The van der Waals surface area contributed by atoms with Crippen LogP contribution in [0.4, 0.5) is 0 Å². The van der Waals surface area contributed by atoms with E-state index in [2.05, 4.69) is 21.4 Å². The predicted molar refractivity (Wildman–Crippen MR) is 27.8 cm³/mol. The van der Waals surface area contributed by atoms with Crippen LogP contribution in [0, 0.1) is 0 Å². The van der Waals surface area contributed by atoms with Gasteiger partial charge in [0.1, 0.15) is 0 Å². The van der Waals surface area contributed by atoms with Gasteiger partial charge in [-0.15, -0.1) is 5.10 Å². The number of hydrogen-bond acceptors (Lipinski definition) is 2. The maximum Gasteiger partial charge on any atom is 0.0362 e. The summed E-state index contributed by atoms with van der Waals surface area (Å²) < 4.78 is 0. The van der Waals surface area contributed by atoms with Gasteiger partial charge in [0.05, 0.1) is 0 Å². The zero-order valence-electron chi connectivity index (χ0n) is 4.42. The van der Waals surface area contributed by atoms with Gasteiger partial charge in [-0.2, -0.15) is 0 Å². The zero-order chi connectivity index (χ0) is 5.70. The lowest BCUT2D eigenvalue weighted by atomic mass is 10.5. The minimum Gasteiger partial charge on any atom is -0.303 e. The van der Waals surface area contributed by atoms with E-state index in [0.29, 0.717) is 0 Å². The largest absolute Gasteiger partial charge is 0.303 e. The Balaban J connectivity index is 3.46. The zero-order valence-corrected chi connectivity index (χ0v) is 4.42. The Morgan fingerprint density at radius 1 is 1.43 bits per heavy atom. The average molecular weight is 100 g/mol. The molecule has 0 amide bonds. The molecule has 0 aliphatic heterocycles. The van der Waals surface area contributed by atoms with Crippen LogP contribution in [0.2, 0.25) is 0 Å². The third-order valence-corrected chi connectivity index (χ3v) is 0.296. The third-order valence-electron chi connectivity index (χ3n) is 0.296. The van der Waals surface area contributed by atoms with Crippen LogP contribution in [0.5, 0.6) is 0 Å². The monoisotopic (exact) mass is 100 g/mol. The van der Waals surface area contributed by atoms with Crippen molar-refractivity contribution in [2.75, 3.05) is 0 Å². The van der Waals surface area contributed by atoms with Crippen LogP contribution < -0.4 is 5.84 Å². The van der Waals surface area contributed by atoms with Gasteiger partial charge in [-0.25, -0.2) is 0 Å². The Hall–Kier alpha value is -0.930. The van der Waals surface area contributed by atoms with E-state index in [1.54, 1.807) is 0 Å². The summed E-state index contributed by atoms with van der Waals surface area (Å²) in [5.41, 5.74) is 0.842. The van der Waals surface area contributed by atoms with Crippen molar-refractivity contribution in [1.29, 1.82) is 0 Å². The second-order valence-corrected chi connectivity index (χ2v) is 1.25. The highest BCUT2D eigenvalue weighted by molar-refractivity contribution is 5.78. The molecule has 0 saturated carbocycles. The van der Waals surface area contributed by atoms with Gasteiger partial charge >= 0.3 is 0 Å². The number of rotatable bonds is 1. The van der Waals surface area contributed by atoms with Crippen LogP contribution in [-0.4, -0.2) is 5.71 Å². The second kappa shape index (κ2) is 3.27. The summed E-state index contributed by atoms with van der Waals surface area (Å²) in [7, 11) is 0. The molecule has 0 spiro atoms. The van der Waals surface area contributed by atoms with Gasteiger partial charge in [0.2, 0.25) is 0 Å². The van der Waals surface area contributed by atoms with Gasteiger partial charge in [-0.3, -0.25) is 0 Å². The Kier molecular flexibility index (Phi) is 2.83. The lowest BCUT2D eigenvalue weighted by molar-refractivity contribution is 0.953. The van der Waals surface area contributed by atoms with Crippen molar-refractivity contribution in [2.24, 2.45) is 21.4 Å². The lowest BCUT2D eigenvalue weighted by Gasteiger charge is -1.75. The fraction of sp³-hybridized carbons (Fsp3) is 0.667. The van der Waals surface area contributed by atoms with E-state index in [1.165, 1.54) is 0 Å². The maximum absolute atomic E-state index is 4.63. The van der Waals surface area contributed by atoms with Gasteiger partial charge < -0.3 is 5.84 Å². The Bertz CT molecular complexity index is 89.1. The van der Waals surface area contributed by atoms with Crippen molar-refractivity contribution in [3.05, 3.63) is 0 Å². The normalized spacial score (nSPS) is 9.43. The quantitative estimate of drug-likeness (QED) is 0.224. The Morgan fingerprint density at radius 3 is 2.14 bits per heavy atom. The van der Waals surface area contributed by atoms with Crippen molar-refractivity contribution < 1.29 is 0 Å². The molecule has 0 unspecified atom stereocenters. The summed E-state index contributed by atoms with van der Waals surface area (Å²) in [6.07, 6.45) is 0. The van der Waals surface area contributed by atoms with Crippen LogP contribution >= 0.6 is 0 Å². The van der Waals surface area contributed by atoms with E-state index in [9.17, 15) is 0 Å². The molecule has 0 aromatic heterocycles. The smallest absolute Gasteiger partial charge is 0.0362 e. The molecule has 0 saturated heterocycles. The molecule has 0 atom stereocenters. The highest BCUT2D eigenvalue weighted by Crippen LogP contribution is 1.74. The molecule has 40 valence electrons. The molecule has 0 aliphatic rings. The van der Waals surface area contributed by atoms with Gasteiger partial charge in [0.15, 0.2) is 0 Å². The molecule has 0 rings (SSSR count). The highest BCUT2D eigenvalue weighted by Gasteiger charge is 1.69. The van der Waals surface area contributed by atoms with Crippen LogP contribution in [0.3, 0.4) is 0 Å². The standard InChI is InChI=1S/C3H8N4/c1-3(2)5-7-6-4/h1-2H3,(H2,4,7). The molecular formula is C3H8N4. The number of nitrogens with zero attached hydrogens (tertiary/aromatic N) is 3. The van der Waals surface area contributed by atoms with Gasteiger partial charge in [0.25, 0.3) is 0 Å². The SMILES string of the molecule is CC(C)=N/N=N\N. The van der Waals surface area contributed by atoms with Crippen molar-refractivity contribution >= 4 is 5.71 Å². The molecule has 0 fully saturated rings. The van der Waals surface area contributed by atoms with E-state index >= 15 is 0 Å². The molecule has 0 aliphatic carbocycles. The molecule has 2 N–H and O–H groups in total. The van der Waals surface area contributed by atoms with Crippen LogP contribution in [-0.2, 0) is 0 Å². The summed E-state index contributed by atoms with van der Waals surface area (Å²) in [6, 6.07) is 0. The van der Waals surface area contributed by atoms with Crippen molar-refractivity contribution in [1.82, 2.24) is 0 Å². The Labute approximate surface area is 42.1 Å². The first-order chi connectivity index (χ1) is 3.27. The first-order valence-electron chi connectivity index (χ1n) is 1.88. The minimum absolute atomic E-state index is 0.842. The molecule has 0 aromatic rings. The van der Waals surface area contributed by atoms with Gasteiger partial charge in [-0.05, 0) is 19.1 Å². The first-order valence-corrected chi connectivity index (χ1v) is 1.88. The third kappa shape index (κ3) is 5.07. The van der Waals surface area contributed by atoms with Crippen LogP contribution in [0.15, 0.2) is 15.5 Å². The van der Waals surface area contributed by atoms with E-state index in [1.807, 2.05) is 13.8 Å². The summed E-state index contributed by atoms with van der Waals surface area (Å²) in [5, 5.41) is 9.57. The number of nitrogens with two attached hydrogens (primary N) is 1. The van der Waals surface area contributed by atoms with Crippen LogP contribution in [0.25, 0.3) is 0 Å². The van der Waals surface area contributed by atoms with E-state index in [-0.39, 0.29) is 0 Å². The van der Waals surface area contributed by atoms with Crippen molar-refractivity contribution in [3.63, 3.8) is 0 Å². The maximum atomic E-state index is 4.63. The summed E-state index contributed by atoms with van der Waals surface area (Å²) >= 11 is 0. The molecule has 4 heteroatoms. The van der Waals surface area contributed by atoms with E-state index < -0.39 is 0 Å². The predicted octanol–water partition coefficient (Wildman–Crippen LogP) is 0.708. The fourth-order valence-electron chi connectivity index (χ4n) is 0.115. The lowest BCUT2D eigenvalue weighted by Crippen LogP contribution is -1.77. The minimum atomic E-state index is 0.842. The fourth-order valence-corrected chi connectivity index (χ4v) is 0.115. The van der Waals surface area contributed by atoms with E-state index in [0.717, 1.165) is 5.71 Å². The molecule has 0 heterocycles. The van der Waals surface area contributed by atoms with Crippen molar-refractivity contribution in [3.8, 4) is 0 Å². The Morgan fingerprint density at radius 2 is 2.00 bits per heavy atom. The molecule has 0 radical (unpaired) electrons. The van der Waals surface area contributed by atoms with Gasteiger partial charge in [0, 0.05) is 5.71 Å². The second-order valence-electron chi connectivity index (χ2n) is 1.25. The molecule has 0 bridgehead atoms. The molecular weight excluding hydrogens is 92.1 g/mol.